The van der Waals surface area contributed by atoms with Gasteiger partial charge in [0.15, 0.2) is 0 Å². The zero-order valence-electron chi connectivity index (χ0n) is 13.5. The molecule has 4 aliphatic rings. The van der Waals surface area contributed by atoms with Gasteiger partial charge in [0.2, 0.25) is 0 Å². The standard InChI is InChI=1S/C20H24FNO/c1-2-13-17-11-7-14-15(8-11)19(17)16(18(13)14)9-22-20(23)10-3-5-12(21)6-4-10/h3-6,11,13-19H,2,7-9H2,1H3,(H,22,23). The van der Waals surface area contributed by atoms with Gasteiger partial charge in [-0.3, -0.25) is 4.79 Å². The predicted molar refractivity (Wildman–Crippen MR) is 86.2 cm³/mol. The molecule has 0 aromatic heterocycles. The molecule has 8 unspecified atom stereocenters. The van der Waals surface area contributed by atoms with E-state index in [1.54, 1.807) is 12.1 Å². The van der Waals surface area contributed by atoms with Gasteiger partial charge in [0.25, 0.3) is 5.91 Å². The first-order chi connectivity index (χ1) is 11.2. The van der Waals surface area contributed by atoms with Crippen LogP contribution in [-0.4, -0.2) is 12.5 Å². The summed E-state index contributed by atoms with van der Waals surface area (Å²) in [6, 6.07) is 5.86. The van der Waals surface area contributed by atoms with E-state index in [-0.39, 0.29) is 11.7 Å². The SMILES string of the molecule is CCC1C2C3CC4CC3C(C2CNC(=O)c2ccc(F)cc2)C41. The maximum Gasteiger partial charge on any atom is 0.251 e. The van der Waals surface area contributed by atoms with Crippen molar-refractivity contribution in [3.05, 3.63) is 35.6 Å². The molecule has 4 fully saturated rings. The average Bonchev–Trinajstić information content (AvgIpc) is 3.23. The fourth-order valence-electron chi connectivity index (χ4n) is 7.38. The zero-order valence-corrected chi connectivity index (χ0v) is 13.5. The fraction of sp³-hybridized carbons (Fsp3) is 0.650. The van der Waals surface area contributed by atoms with Gasteiger partial charge >= 0.3 is 0 Å². The highest BCUT2D eigenvalue weighted by atomic mass is 19.1. The lowest BCUT2D eigenvalue weighted by molar-refractivity contribution is 0.0689. The Morgan fingerprint density at radius 3 is 2.48 bits per heavy atom. The van der Waals surface area contributed by atoms with Gasteiger partial charge in [-0.25, -0.2) is 4.39 Å². The molecule has 3 heteroatoms. The van der Waals surface area contributed by atoms with Gasteiger partial charge < -0.3 is 5.32 Å². The summed E-state index contributed by atoms with van der Waals surface area (Å²) >= 11 is 0. The Labute approximate surface area is 136 Å². The quantitative estimate of drug-likeness (QED) is 0.901. The lowest BCUT2D eigenvalue weighted by Crippen LogP contribution is -2.36. The van der Waals surface area contributed by atoms with Crippen LogP contribution in [0.25, 0.3) is 0 Å². The van der Waals surface area contributed by atoms with Crippen LogP contribution in [0.15, 0.2) is 24.3 Å². The summed E-state index contributed by atoms with van der Waals surface area (Å²) < 4.78 is 13.0. The largest absolute Gasteiger partial charge is 0.352 e. The summed E-state index contributed by atoms with van der Waals surface area (Å²) in [5.74, 6) is 6.85. The molecule has 4 aliphatic carbocycles. The first kappa shape index (κ1) is 14.0. The second-order valence-corrected chi connectivity index (χ2v) is 8.24. The van der Waals surface area contributed by atoms with E-state index in [0.29, 0.717) is 11.5 Å². The summed E-state index contributed by atoms with van der Waals surface area (Å²) in [6.45, 7) is 3.17. The van der Waals surface area contributed by atoms with Gasteiger partial charge in [-0.2, -0.15) is 0 Å². The zero-order chi connectivity index (χ0) is 15.7. The van der Waals surface area contributed by atoms with Crippen molar-refractivity contribution < 1.29 is 9.18 Å². The number of nitrogens with one attached hydrogen (secondary N) is 1. The maximum atomic E-state index is 13.0. The van der Waals surface area contributed by atoms with Crippen molar-refractivity contribution in [3.8, 4) is 0 Å². The molecule has 5 rings (SSSR count). The molecule has 0 aliphatic heterocycles. The van der Waals surface area contributed by atoms with E-state index in [1.165, 1.54) is 31.4 Å². The fourth-order valence-corrected chi connectivity index (χ4v) is 7.38. The molecule has 0 saturated heterocycles. The molecule has 0 spiro atoms. The normalized spacial score (nSPS) is 45.1. The van der Waals surface area contributed by atoms with Crippen LogP contribution in [0.2, 0.25) is 0 Å². The monoisotopic (exact) mass is 313 g/mol. The van der Waals surface area contributed by atoms with Gasteiger partial charge in [-0.05, 0) is 84.5 Å². The molecule has 4 saturated carbocycles. The topological polar surface area (TPSA) is 29.1 Å². The van der Waals surface area contributed by atoms with Crippen LogP contribution in [0, 0.1) is 53.2 Å². The first-order valence-corrected chi connectivity index (χ1v) is 9.22. The van der Waals surface area contributed by atoms with E-state index in [0.717, 1.165) is 48.0 Å². The molecular weight excluding hydrogens is 289 g/mol. The smallest absolute Gasteiger partial charge is 0.251 e. The van der Waals surface area contributed by atoms with Gasteiger partial charge in [0.1, 0.15) is 5.82 Å². The number of rotatable bonds is 4. The van der Waals surface area contributed by atoms with E-state index in [1.807, 2.05) is 0 Å². The summed E-state index contributed by atoms with van der Waals surface area (Å²) in [5.41, 5.74) is 0.566. The highest BCUT2D eigenvalue weighted by Gasteiger charge is 2.71. The van der Waals surface area contributed by atoms with Crippen molar-refractivity contribution in [2.24, 2.45) is 47.3 Å². The molecule has 8 atom stereocenters. The molecular formula is C20H24FNO. The number of hydrogen-bond donors (Lipinski definition) is 1. The highest BCUT2D eigenvalue weighted by Crippen LogP contribution is 2.76. The number of carbonyl (C=O) groups is 1. The van der Waals surface area contributed by atoms with Gasteiger partial charge in [-0.15, -0.1) is 0 Å². The summed E-state index contributed by atoms with van der Waals surface area (Å²) in [5, 5.41) is 3.15. The molecule has 1 N–H and O–H groups in total. The van der Waals surface area contributed by atoms with Crippen molar-refractivity contribution in [1.29, 1.82) is 0 Å². The minimum atomic E-state index is -0.294. The Morgan fingerprint density at radius 2 is 1.78 bits per heavy atom. The van der Waals surface area contributed by atoms with Crippen molar-refractivity contribution in [2.75, 3.05) is 6.54 Å². The van der Waals surface area contributed by atoms with Crippen LogP contribution in [-0.2, 0) is 0 Å². The Balaban J connectivity index is 1.31. The van der Waals surface area contributed by atoms with Gasteiger partial charge in [0.05, 0.1) is 0 Å². The number of halogens is 1. The van der Waals surface area contributed by atoms with Crippen molar-refractivity contribution in [2.45, 2.75) is 26.2 Å². The number of hydrogen-bond acceptors (Lipinski definition) is 1. The third-order valence-electron chi connectivity index (χ3n) is 7.73. The predicted octanol–water partition coefficient (Wildman–Crippen LogP) is 3.73. The molecule has 4 bridgehead atoms. The highest BCUT2D eigenvalue weighted by molar-refractivity contribution is 5.94. The van der Waals surface area contributed by atoms with E-state index in [2.05, 4.69) is 12.2 Å². The molecule has 1 aromatic rings. The van der Waals surface area contributed by atoms with Crippen LogP contribution in [0.1, 0.15) is 36.5 Å². The first-order valence-electron chi connectivity index (χ1n) is 9.22. The van der Waals surface area contributed by atoms with Crippen molar-refractivity contribution in [1.82, 2.24) is 5.32 Å². The molecule has 0 heterocycles. The van der Waals surface area contributed by atoms with Crippen LogP contribution >= 0.6 is 0 Å². The van der Waals surface area contributed by atoms with Gasteiger partial charge in [0, 0.05) is 12.1 Å². The number of carbonyl (C=O) groups excluding carboxylic acids is 1. The van der Waals surface area contributed by atoms with E-state index >= 15 is 0 Å². The number of fused-ring (bicyclic) bond motifs is 4. The minimum absolute atomic E-state index is 0.0518. The molecule has 1 aromatic carbocycles. The molecule has 122 valence electrons. The summed E-state index contributed by atoms with van der Waals surface area (Å²) in [7, 11) is 0. The summed E-state index contributed by atoms with van der Waals surface area (Å²) in [6.07, 6.45) is 4.25. The summed E-state index contributed by atoms with van der Waals surface area (Å²) in [4.78, 5) is 12.3. The molecule has 2 nitrogen and oxygen atoms in total. The Kier molecular flexibility index (Phi) is 2.93. The third kappa shape index (κ3) is 1.77. The van der Waals surface area contributed by atoms with Crippen LogP contribution in [0.5, 0.6) is 0 Å². The average molecular weight is 313 g/mol. The Hall–Kier alpha value is -1.38. The Morgan fingerprint density at radius 1 is 1.09 bits per heavy atom. The second-order valence-electron chi connectivity index (χ2n) is 8.24. The van der Waals surface area contributed by atoms with E-state index < -0.39 is 0 Å². The van der Waals surface area contributed by atoms with Crippen molar-refractivity contribution in [3.63, 3.8) is 0 Å². The van der Waals surface area contributed by atoms with Crippen LogP contribution in [0.4, 0.5) is 4.39 Å². The lowest BCUT2D eigenvalue weighted by Gasteiger charge is -2.41. The molecule has 0 radical (unpaired) electrons. The van der Waals surface area contributed by atoms with Crippen LogP contribution < -0.4 is 5.32 Å². The van der Waals surface area contributed by atoms with Crippen LogP contribution in [0.3, 0.4) is 0 Å². The molecule has 1 amide bonds. The lowest BCUT2D eigenvalue weighted by atomic mass is 9.64. The van der Waals surface area contributed by atoms with E-state index in [9.17, 15) is 9.18 Å². The Bertz CT molecular complexity index is 640. The second kappa shape index (κ2) is 4.81. The minimum Gasteiger partial charge on any atom is -0.352 e. The van der Waals surface area contributed by atoms with Gasteiger partial charge in [-0.1, -0.05) is 13.3 Å². The third-order valence-corrected chi connectivity index (χ3v) is 7.73. The number of benzene rings is 1. The number of amides is 1. The maximum absolute atomic E-state index is 13.0. The van der Waals surface area contributed by atoms with E-state index in [4.69, 9.17) is 0 Å². The molecule has 23 heavy (non-hydrogen) atoms. The van der Waals surface area contributed by atoms with Crippen molar-refractivity contribution >= 4 is 5.91 Å².